The number of hydrogen-bond donors (Lipinski definition) is 1. The standard InChI is InChI=1S/C27H35ClFN7/c1-3-21-17-35(25-14-23(29)27(31-18(25)2)24-15-26(30)33-32-24)12-13-36(21)22-8-10-34(11-9-22)16-19-4-6-20(28)7-5-19/h4-7,14,21-22H,3,8-13,15-17H2,1-2H3,(H2,30,33). The van der Waals surface area contributed by atoms with Gasteiger partial charge in [-0.05, 0) is 57.0 Å². The molecule has 7 nitrogen and oxygen atoms in total. The normalized spacial score (nSPS) is 22.1. The van der Waals surface area contributed by atoms with Crippen LogP contribution in [0.15, 0.2) is 40.5 Å². The number of benzene rings is 1. The molecule has 1 aromatic heterocycles. The smallest absolute Gasteiger partial charge is 0.152 e. The topological polar surface area (TPSA) is 73.3 Å². The summed E-state index contributed by atoms with van der Waals surface area (Å²) in [7, 11) is 0. The van der Waals surface area contributed by atoms with Gasteiger partial charge in [-0.1, -0.05) is 30.7 Å². The van der Waals surface area contributed by atoms with Crippen LogP contribution in [0.2, 0.25) is 5.02 Å². The summed E-state index contributed by atoms with van der Waals surface area (Å²) in [5, 5.41) is 8.62. The summed E-state index contributed by atoms with van der Waals surface area (Å²) in [5.74, 6) is 0.0356. The van der Waals surface area contributed by atoms with Crippen LogP contribution in [0.1, 0.15) is 49.6 Å². The van der Waals surface area contributed by atoms with E-state index in [9.17, 15) is 0 Å². The Bertz CT molecular complexity index is 1140. The molecule has 1 unspecified atom stereocenters. The molecule has 1 aromatic carbocycles. The Hall–Kier alpha value is -2.55. The van der Waals surface area contributed by atoms with E-state index < -0.39 is 0 Å². The van der Waals surface area contributed by atoms with Gasteiger partial charge in [-0.25, -0.2) is 9.37 Å². The second-order valence-electron chi connectivity index (χ2n) is 10.1. The zero-order chi connectivity index (χ0) is 25.2. The van der Waals surface area contributed by atoms with Crippen molar-refractivity contribution in [2.24, 2.45) is 15.9 Å². The van der Waals surface area contributed by atoms with Gasteiger partial charge in [-0.3, -0.25) is 9.80 Å². The maximum Gasteiger partial charge on any atom is 0.152 e. The number of pyridine rings is 1. The van der Waals surface area contributed by atoms with Gasteiger partial charge in [0.1, 0.15) is 11.5 Å². The van der Waals surface area contributed by atoms with Crippen molar-refractivity contribution in [3.05, 3.63) is 58.1 Å². The number of rotatable bonds is 6. The molecular weight excluding hydrogens is 477 g/mol. The van der Waals surface area contributed by atoms with Crippen LogP contribution in [0.4, 0.5) is 10.1 Å². The largest absolute Gasteiger partial charge is 0.385 e. The minimum atomic E-state index is -0.359. The summed E-state index contributed by atoms with van der Waals surface area (Å²) < 4.78 is 15.0. The number of nitrogens with zero attached hydrogens (tertiary/aromatic N) is 6. The van der Waals surface area contributed by atoms with Crippen LogP contribution in [0, 0.1) is 12.7 Å². The predicted molar refractivity (Wildman–Crippen MR) is 144 cm³/mol. The van der Waals surface area contributed by atoms with Gasteiger partial charge in [-0.2, -0.15) is 5.10 Å². The van der Waals surface area contributed by atoms with E-state index in [1.165, 1.54) is 18.4 Å². The maximum absolute atomic E-state index is 15.0. The van der Waals surface area contributed by atoms with Crippen molar-refractivity contribution in [3.63, 3.8) is 0 Å². The van der Waals surface area contributed by atoms with Crippen LogP contribution in [-0.4, -0.2) is 71.1 Å². The lowest BCUT2D eigenvalue weighted by molar-refractivity contribution is 0.0611. The molecule has 0 bridgehead atoms. The third-order valence-electron chi connectivity index (χ3n) is 7.75. The highest BCUT2D eigenvalue weighted by atomic mass is 35.5. The number of hydrogen-bond acceptors (Lipinski definition) is 7. The van der Waals surface area contributed by atoms with E-state index >= 15 is 4.39 Å². The number of likely N-dealkylation sites (tertiary alicyclic amines) is 1. The molecule has 0 radical (unpaired) electrons. The number of aryl methyl sites for hydroxylation is 1. The summed E-state index contributed by atoms with van der Waals surface area (Å²) in [6.45, 7) is 10.2. The lowest BCUT2D eigenvalue weighted by Crippen LogP contribution is -2.58. The first-order valence-electron chi connectivity index (χ1n) is 12.9. The maximum atomic E-state index is 15.0. The molecule has 2 fully saturated rings. The Labute approximate surface area is 217 Å². The van der Waals surface area contributed by atoms with Gasteiger partial charge in [0.05, 0.1) is 23.5 Å². The van der Waals surface area contributed by atoms with Gasteiger partial charge in [0.2, 0.25) is 0 Å². The first-order chi connectivity index (χ1) is 17.4. The lowest BCUT2D eigenvalue weighted by Gasteiger charge is -2.48. The molecule has 36 heavy (non-hydrogen) atoms. The summed E-state index contributed by atoms with van der Waals surface area (Å²) in [4.78, 5) is 12.1. The molecule has 2 N–H and O–H groups in total. The Morgan fingerprint density at radius 2 is 1.83 bits per heavy atom. The van der Waals surface area contributed by atoms with Gasteiger partial charge in [0.15, 0.2) is 5.82 Å². The molecule has 0 saturated carbocycles. The quantitative estimate of drug-likeness (QED) is 0.629. The predicted octanol–water partition coefficient (Wildman–Crippen LogP) is 4.21. The third kappa shape index (κ3) is 5.41. The minimum absolute atomic E-state index is 0.261. The van der Waals surface area contributed by atoms with Gasteiger partial charge in [0, 0.05) is 49.4 Å². The fourth-order valence-corrected chi connectivity index (χ4v) is 5.91. The van der Waals surface area contributed by atoms with E-state index in [0.29, 0.717) is 30.1 Å². The SMILES string of the molecule is CCC1CN(c2cc(F)c(C3=NN=C(N)C3)nc2C)CCN1C1CCN(Cc2ccc(Cl)cc2)CC1. The Morgan fingerprint density at radius 3 is 2.50 bits per heavy atom. The average molecular weight is 512 g/mol. The van der Waals surface area contributed by atoms with Crippen LogP contribution >= 0.6 is 11.6 Å². The third-order valence-corrected chi connectivity index (χ3v) is 8.00. The van der Waals surface area contributed by atoms with E-state index in [4.69, 9.17) is 17.3 Å². The van der Waals surface area contributed by atoms with Gasteiger partial charge >= 0.3 is 0 Å². The van der Waals surface area contributed by atoms with E-state index in [0.717, 1.165) is 62.1 Å². The summed E-state index contributed by atoms with van der Waals surface area (Å²) in [5.41, 5.74) is 9.48. The van der Waals surface area contributed by atoms with Crippen molar-refractivity contribution < 1.29 is 4.39 Å². The van der Waals surface area contributed by atoms with E-state index in [1.807, 2.05) is 19.1 Å². The van der Waals surface area contributed by atoms with Crippen molar-refractivity contribution in [1.82, 2.24) is 14.8 Å². The highest BCUT2D eigenvalue weighted by molar-refractivity contribution is 6.30. The highest BCUT2D eigenvalue weighted by Crippen LogP contribution is 2.29. The number of piperazine rings is 1. The molecule has 0 amide bonds. The molecule has 3 aliphatic rings. The van der Waals surface area contributed by atoms with Crippen LogP contribution in [0.5, 0.6) is 0 Å². The second-order valence-corrected chi connectivity index (χ2v) is 10.6. The first-order valence-corrected chi connectivity index (χ1v) is 13.3. The van der Waals surface area contributed by atoms with Crippen molar-refractivity contribution in [3.8, 4) is 0 Å². The zero-order valence-corrected chi connectivity index (χ0v) is 21.9. The Kier molecular flexibility index (Phi) is 7.55. The molecule has 0 aliphatic carbocycles. The monoisotopic (exact) mass is 511 g/mol. The molecule has 9 heteroatoms. The molecular formula is C27H35ClFN7. The molecule has 5 rings (SSSR count). The van der Waals surface area contributed by atoms with Crippen molar-refractivity contribution in [2.45, 2.75) is 58.2 Å². The second kappa shape index (κ2) is 10.8. The van der Waals surface area contributed by atoms with Crippen molar-refractivity contribution in [2.75, 3.05) is 37.6 Å². The van der Waals surface area contributed by atoms with Gasteiger partial charge in [0.25, 0.3) is 0 Å². The van der Waals surface area contributed by atoms with E-state index in [2.05, 4.69) is 48.9 Å². The summed E-state index contributed by atoms with van der Waals surface area (Å²) >= 11 is 6.03. The molecule has 3 aliphatic heterocycles. The molecule has 192 valence electrons. The number of nitrogens with two attached hydrogens (primary N) is 1. The molecule has 2 aromatic rings. The van der Waals surface area contributed by atoms with Crippen LogP contribution in [-0.2, 0) is 6.54 Å². The molecule has 4 heterocycles. The van der Waals surface area contributed by atoms with E-state index in [1.54, 1.807) is 6.07 Å². The number of piperidine rings is 1. The van der Waals surface area contributed by atoms with E-state index in [-0.39, 0.29) is 11.5 Å². The highest BCUT2D eigenvalue weighted by Gasteiger charge is 2.34. The molecule has 2 saturated heterocycles. The Balaban J connectivity index is 1.20. The molecule has 0 spiro atoms. The Morgan fingerprint density at radius 1 is 1.08 bits per heavy atom. The van der Waals surface area contributed by atoms with Crippen molar-refractivity contribution in [1.29, 1.82) is 0 Å². The zero-order valence-electron chi connectivity index (χ0n) is 21.1. The first kappa shape index (κ1) is 25.1. The fraction of sp³-hybridized carbons (Fsp3) is 0.519. The van der Waals surface area contributed by atoms with Gasteiger partial charge in [-0.15, -0.1) is 5.10 Å². The number of halogens is 2. The van der Waals surface area contributed by atoms with Crippen LogP contribution in [0.25, 0.3) is 0 Å². The average Bonchev–Trinajstić information content (AvgIpc) is 3.32. The minimum Gasteiger partial charge on any atom is -0.385 e. The summed E-state index contributed by atoms with van der Waals surface area (Å²) in [6.07, 6.45) is 3.78. The number of aromatic nitrogens is 1. The van der Waals surface area contributed by atoms with Gasteiger partial charge < -0.3 is 10.6 Å². The van der Waals surface area contributed by atoms with Crippen LogP contribution < -0.4 is 10.6 Å². The molecule has 1 atom stereocenters. The van der Waals surface area contributed by atoms with Crippen LogP contribution in [0.3, 0.4) is 0 Å². The van der Waals surface area contributed by atoms with Crippen molar-refractivity contribution >= 4 is 28.8 Å². The number of amidine groups is 1. The fourth-order valence-electron chi connectivity index (χ4n) is 5.78. The number of anilines is 1. The lowest BCUT2D eigenvalue weighted by atomic mass is 9.97. The summed E-state index contributed by atoms with van der Waals surface area (Å²) in [6, 6.07) is 10.8.